The average Bonchev–Trinajstić information content (AvgIpc) is 3.22. The first-order valence-corrected chi connectivity index (χ1v) is 9.97. The molecular formula is C18H20FN3O5S. The normalized spacial score (nSPS) is 20.1. The van der Waals surface area contributed by atoms with Crippen molar-refractivity contribution in [1.82, 2.24) is 14.5 Å². The maximum absolute atomic E-state index is 13.2. The van der Waals surface area contributed by atoms with Crippen LogP contribution in [-0.4, -0.2) is 43.7 Å². The van der Waals surface area contributed by atoms with Crippen molar-refractivity contribution in [1.29, 1.82) is 0 Å². The van der Waals surface area contributed by atoms with Gasteiger partial charge in [-0.1, -0.05) is 19.1 Å². The summed E-state index contributed by atoms with van der Waals surface area (Å²) in [5.41, 5.74) is -0.844. The van der Waals surface area contributed by atoms with Gasteiger partial charge in [-0.05, 0) is 36.2 Å². The molecule has 3 rings (SSSR count). The van der Waals surface area contributed by atoms with E-state index >= 15 is 0 Å². The minimum atomic E-state index is -3.76. The predicted molar refractivity (Wildman–Crippen MR) is 97.0 cm³/mol. The molecule has 3 amide bonds. The lowest BCUT2D eigenvalue weighted by molar-refractivity contribution is -0.132. The quantitative estimate of drug-likeness (QED) is 0.736. The Labute approximate surface area is 162 Å². The molecule has 150 valence electrons. The highest BCUT2D eigenvalue weighted by Gasteiger charge is 2.51. The van der Waals surface area contributed by atoms with Gasteiger partial charge >= 0.3 is 6.03 Å². The number of amides is 3. The first-order chi connectivity index (χ1) is 13.1. The van der Waals surface area contributed by atoms with E-state index in [2.05, 4.69) is 5.32 Å². The number of rotatable bonds is 6. The Morgan fingerprint density at radius 1 is 1.14 bits per heavy atom. The van der Waals surface area contributed by atoms with E-state index in [1.165, 1.54) is 50.5 Å². The molecule has 1 aromatic carbocycles. The van der Waals surface area contributed by atoms with Crippen molar-refractivity contribution < 1.29 is 26.8 Å². The van der Waals surface area contributed by atoms with Crippen molar-refractivity contribution in [2.75, 3.05) is 14.1 Å². The highest BCUT2D eigenvalue weighted by atomic mass is 32.2. The van der Waals surface area contributed by atoms with Crippen LogP contribution < -0.4 is 5.32 Å². The number of urea groups is 1. The Morgan fingerprint density at radius 3 is 2.36 bits per heavy atom. The average molecular weight is 409 g/mol. The third kappa shape index (κ3) is 3.18. The van der Waals surface area contributed by atoms with Crippen LogP contribution in [0.1, 0.15) is 24.7 Å². The van der Waals surface area contributed by atoms with Crippen molar-refractivity contribution in [3.05, 3.63) is 53.5 Å². The van der Waals surface area contributed by atoms with Gasteiger partial charge in [-0.2, -0.15) is 0 Å². The maximum Gasteiger partial charge on any atom is 0.325 e. The van der Waals surface area contributed by atoms with E-state index in [1.807, 2.05) is 0 Å². The molecule has 0 saturated carbocycles. The van der Waals surface area contributed by atoms with E-state index in [1.54, 1.807) is 6.92 Å². The van der Waals surface area contributed by atoms with Crippen LogP contribution in [0.3, 0.4) is 0 Å². The second-order valence-corrected chi connectivity index (χ2v) is 8.68. The molecule has 0 radical (unpaired) electrons. The fourth-order valence-corrected chi connectivity index (χ4v) is 3.87. The first-order valence-electron chi connectivity index (χ1n) is 8.53. The van der Waals surface area contributed by atoms with Crippen molar-refractivity contribution >= 4 is 22.0 Å². The van der Waals surface area contributed by atoms with Gasteiger partial charge in [0.1, 0.15) is 17.1 Å². The minimum absolute atomic E-state index is 0.148. The Hall–Kier alpha value is -2.72. The lowest BCUT2D eigenvalue weighted by Gasteiger charge is -2.25. The van der Waals surface area contributed by atoms with Crippen LogP contribution in [0.4, 0.5) is 9.18 Å². The molecule has 28 heavy (non-hydrogen) atoms. The zero-order valence-corrected chi connectivity index (χ0v) is 16.4. The van der Waals surface area contributed by atoms with Gasteiger partial charge in [-0.15, -0.1) is 0 Å². The zero-order chi connectivity index (χ0) is 20.7. The van der Waals surface area contributed by atoms with Crippen LogP contribution in [0, 0.1) is 5.82 Å². The smallest absolute Gasteiger partial charge is 0.325 e. The third-order valence-electron chi connectivity index (χ3n) is 4.73. The number of sulfonamides is 1. The van der Waals surface area contributed by atoms with Gasteiger partial charge in [-0.25, -0.2) is 21.9 Å². The summed E-state index contributed by atoms with van der Waals surface area (Å²) in [7, 11) is -1.03. The van der Waals surface area contributed by atoms with Gasteiger partial charge in [-0.3, -0.25) is 9.69 Å². The SMILES string of the molecule is CCC1(c2ccc(F)cc2)NC(=O)N(Cc2ccc(S(=O)(=O)N(C)C)o2)C1=O. The largest absolute Gasteiger partial charge is 0.446 e. The molecule has 1 saturated heterocycles. The number of hydrogen-bond donors (Lipinski definition) is 1. The molecule has 8 nitrogen and oxygen atoms in total. The molecule has 1 N–H and O–H groups in total. The maximum atomic E-state index is 13.2. The fourth-order valence-electron chi connectivity index (χ4n) is 3.06. The van der Waals surface area contributed by atoms with E-state index < -0.39 is 33.3 Å². The number of halogens is 1. The Bertz CT molecular complexity index is 1020. The molecule has 2 aromatic rings. The molecule has 1 unspecified atom stereocenters. The number of imide groups is 1. The number of carbonyl (C=O) groups excluding carboxylic acids is 2. The van der Waals surface area contributed by atoms with Gasteiger partial charge in [0.05, 0.1) is 6.54 Å². The van der Waals surface area contributed by atoms with E-state index in [4.69, 9.17) is 4.42 Å². The lowest BCUT2D eigenvalue weighted by atomic mass is 9.87. The van der Waals surface area contributed by atoms with Gasteiger partial charge in [0.2, 0.25) is 5.09 Å². The number of carbonyl (C=O) groups is 2. The fraction of sp³-hybridized carbons (Fsp3) is 0.333. The predicted octanol–water partition coefficient (Wildman–Crippen LogP) is 2.03. The van der Waals surface area contributed by atoms with Gasteiger partial charge in [0.25, 0.3) is 15.9 Å². The lowest BCUT2D eigenvalue weighted by Crippen LogP contribution is -2.43. The summed E-state index contributed by atoms with van der Waals surface area (Å²) >= 11 is 0. The summed E-state index contributed by atoms with van der Waals surface area (Å²) in [6, 6.07) is 7.39. The van der Waals surface area contributed by atoms with Crippen LogP contribution in [0.5, 0.6) is 0 Å². The van der Waals surface area contributed by atoms with Crippen molar-refractivity contribution in [3.8, 4) is 0 Å². The van der Waals surface area contributed by atoms with Gasteiger partial charge < -0.3 is 9.73 Å². The van der Waals surface area contributed by atoms with Crippen LogP contribution in [0.15, 0.2) is 45.9 Å². The summed E-state index contributed by atoms with van der Waals surface area (Å²) in [6.07, 6.45) is 0.262. The van der Waals surface area contributed by atoms with E-state index in [9.17, 15) is 22.4 Å². The summed E-state index contributed by atoms with van der Waals surface area (Å²) in [5.74, 6) is -0.816. The Kier molecular flexibility index (Phi) is 5.02. The monoisotopic (exact) mass is 409 g/mol. The summed E-state index contributed by atoms with van der Waals surface area (Å²) in [6.45, 7) is 1.51. The molecule has 1 atom stereocenters. The number of nitrogens with zero attached hydrogens (tertiary/aromatic N) is 2. The van der Waals surface area contributed by atoms with Gasteiger partial charge in [0.15, 0.2) is 0 Å². The van der Waals surface area contributed by atoms with Crippen LogP contribution in [-0.2, 0) is 26.9 Å². The summed E-state index contributed by atoms with van der Waals surface area (Å²) in [5, 5.41) is 2.40. The number of hydrogen-bond acceptors (Lipinski definition) is 5. The highest BCUT2D eigenvalue weighted by Crippen LogP contribution is 2.33. The molecule has 0 bridgehead atoms. The van der Waals surface area contributed by atoms with Crippen LogP contribution in [0.2, 0.25) is 0 Å². The molecule has 1 aliphatic rings. The first kappa shape index (κ1) is 20.0. The number of nitrogens with one attached hydrogen (secondary N) is 1. The third-order valence-corrected chi connectivity index (χ3v) is 6.42. The van der Waals surface area contributed by atoms with Crippen molar-refractivity contribution in [2.45, 2.75) is 30.5 Å². The summed E-state index contributed by atoms with van der Waals surface area (Å²) in [4.78, 5) is 26.5. The minimum Gasteiger partial charge on any atom is -0.446 e. The molecule has 10 heteroatoms. The van der Waals surface area contributed by atoms with E-state index in [0.717, 1.165) is 9.21 Å². The van der Waals surface area contributed by atoms with Crippen molar-refractivity contribution in [2.24, 2.45) is 0 Å². The molecule has 1 aromatic heterocycles. The molecular weight excluding hydrogens is 389 g/mol. The van der Waals surface area contributed by atoms with E-state index in [-0.39, 0.29) is 23.8 Å². The van der Waals surface area contributed by atoms with Crippen molar-refractivity contribution in [3.63, 3.8) is 0 Å². The number of furan rings is 1. The standard InChI is InChI=1S/C18H20FN3O5S/c1-4-18(12-5-7-13(19)8-6-12)16(23)22(17(24)20-18)11-14-9-10-15(27-14)28(25,26)21(2)3/h5-10H,4,11H2,1-3H3,(H,20,24). The number of benzene rings is 1. The molecule has 0 spiro atoms. The second-order valence-electron chi connectivity index (χ2n) is 6.60. The highest BCUT2D eigenvalue weighted by molar-refractivity contribution is 7.88. The Morgan fingerprint density at radius 2 is 1.79 bits per heavy atom. The zero-order valence-electron chi connectivity index (χ0n) is 15.6. The molecule has 1 aliphatic heterocycles. The summed E-state index contributed by atoms with van der Waals surface area (Å²) < 4.78 is 43.8. The van der Waals surface area contributed by atoms with E-state index in [0.29, 0.717) is 5.56 Å². The topological polar surface area (TPSA) is 99.9 Å². The van der Waals surface area contributed by atoms with Gasteiger partial charge in [0, 0.05) is 14.1 Å². The second kappa shape index (κ2) is 7.02. The molecule has 0 aliphatic carbocycles. The molecule has 2 heterocycles. The van der Waals surface area contributed by atoms with Crippen LogP contribution >= 0.6 is 0 Å². The molecule has 1 fully saturated rings. The Balaban J connectivity index is 1.88. The van der Waals surface area contributed by atoms with Crippen LogP contribution in [0.25, 0.3) is 0 Å².